The first-order valence-electron chi connectivity index (χ1n) is 3.77. The van der Waals surface area contributed by atoms with Crippen LogP contribution in [-0.2, 0) is 0 Å². The van der Waals surface area contributed by atoms with Gasteiger partial charge in [0.05, 0.1) is 0 Å². The Kier molecular flexibility index (Phi) is 2.46. The molecule has 1 aliphatic rings. The number of hydrogen-bond acceptors (Lipinski definition) is 2. The van der Waals surface area contributed by atoms with E-state index >= 15 is 0 Å². The Morgan fingerprint density at radius 2 is 2.40 bits per heavy atom. The molecule has 1 fully saturated rings. The predicted molar refractivity (Wildman–Crippen MR) is 41.5 cm³/mol. The lowest BCUT2D eigenvalue weighted by molar-refractivity contribution is 0.267. The van der Waals surface area contributed by atoms with Crippen LogP contribution in [0.3, 0.4) is 0 Å². The highest BCUT2D eigenvalue weighted by Gasteiger charge is 2.36. The van der Waals surface area contributed by atoms with Crippen molar-refractivity contribution in [2.45, 2.75) is 18.9 Å². The molecule has 0 aromatic rings. The Balaban J connectivity index is 2.11. The van der Waals surface area contributed by atoms with Crippen LogP contribution < -0.4 is 5.73 Å². The molecule has 10 heavy (non-hydrogen) atoms. The van der Waals surface area contributed by atoms with Crippen molar-refractivity contribution in [1.29, 1.82) is 0 Å². The molecule has 0 unspecified atom stereocenters. The Morgan fingerprint density at radius 3 is 2.80 bits per heavy atom. The van der Waals surface area contributed by atoms with Gasteiger partial charge in [0.25, 0.3) is 0 Å². The van der Waals surface area contributed by atoms with Crippen LogP contribution in [0.1, 0.15) is 12.8 Å². The normalized spacial score (nSPS) is 33.4. The third-order valence-electron chi connectivity index (χ3n) is 2.18. The molecular weight excluding hydrogens is 126 g/mol. The monoisotopic (exact) mass is 141 g/mol. The van der Waals surface area contributed by atoms with Crippen LogP contribution in [0.4, 0.5) is 0 Å². The number of aliphatic hydroxyl groups is 1. The first-order valence-corrected chi connectivity index (χ1v) is 3.77. The minimum absolute atomic E-state index is 0.126. The van der Waals surface area contributed by atoms with Crippen molar-refractivity contribution in [2.75, 3.05) is 6.61 Å². The third-order valence-corrected chi connectivity index (χ3v) is 2.18. The highest BCUT2D eigenvalue weighted by atomic mass is 16.3. The van der Waals surface area contributed by atoms with Gasteiger partial charge in [-0.2, -0.15) is 0 Å². The van der Waals surface area contributed by atoms with E-state index in [0.29, 0.717) is 18.4 Å². The number of rotatable bonds is 4. The standard InChI is InChI=1S/C8H15NO/c1-2-8(9)4-6-3-7(6)5-10/h2,6-8,10H,1,3-5,9H2/t6-,7+,8+/m0/s1. The second-order valence-electron chi connectivity index (χ2n) is 3.07. The van der Waals surface area contributed by atoms with Crippen LogP contribution >= 0.6 is 0 Å². The number of hydrogen-bond donors (Lipinski definition) is 2. The van der Waals surface area contributed by atoms with Crippen LogP contribution in [0.15, 0.2) is 12.7 Å². The fraction of sp³-hybridized carbons (Fsp3) is 0.750. The summed E-state index contributed by atoms with van der Waals surface area (Å²) in [5.74, 6) is 1.20. The molecule has 1 rings (SSSR count). The topological polar surface area (TPSA) is 46.2 Å². The molecule has 2 heteroatoms. The summed E-state index contributed by atoms with van der Waals surface area (Å²) in [5.41, 5.74) is 5.63. The molecule has 1 aliphatic carbocycles. The maximum Gasteiger partial charge on any atom is 0.0462 e. The molecule has 0 spiro atoms. The fourth-order valence-electron chi connectivity index (χ4n) is 1.27. The van der Waals surface area contributed by atoms with Crippen molar-refractivity contribution in [3.63, 3.8) is 0 Å². The van der Waals surface area contributed by atoms with Crippen LogP contribution in [0, 0.1) is 11.8 Å². The quantitative estimate of drug-likeness (QED) is 0.561. The first-order chi connectivity index (χ1) is 4.77. The van der Waals surface area contributed by atoms with Crippen LogP contribution in [-0.4, -0.2) is 17.8 Å². The Morgan fingerprint density at radius 1 is 1.70 bits per heavy atom. The lowest BCUT2D eigenvalue weighted by Gasteiger charge is -2.02. The molecule has 58 valence electrons. The summed E-state index contributed by atoms with van der Waals surface area (Å²) in [6.45, 7) is 3.93. The largest absolute Gasteiger partial charge is 0.396 e. The fourth-order valence-corrected chi connectivity index (χ4v) is 1.27. The molecule has 0 bridgehead atoms. The van der Waals surface area contributed by atoms with Gasteiger partial charge in [0.15, 0.2) is 0 Å². The molecule has 0 heterocycles. The molecule has 0 radical (unpaired) electrons. The molecule has 3 atom stereocenters. The molecule has 1 saturated carbocycles. The van der Waals surface area contributed by atoms with Gasteiger partial charge in [0.1, 0.15) is 0 Å². The average molecular weight is 141 g/mol. The van der Waals surface area contributed by atoms with Crippen molar-refractivity contribution in [2.24, 2.45) is 17.6 Å². The van der Waals surface area contributed by atoms with Gasteiger partial charge in [0.2, 0.25) is 0 Å². The van der Waals surface area contributed by atoms with Crippen LogP contribution in [0.25, 0.3) is 0 Å². The molecule has 0 saturated heterocycles. The minimum atomic E-state index is 0.126. The maximum absolute atomic E-state index is 8.70. The van der Waals surface area contributed by atoms with E-state index in [9.17, 15) is 0 Å². The van der Waals surface area contributed by atoms with Crippen molar-refractivity contribution in [1.82, 2.24) is 0 Å². The zero-order valence-corrected chi connectivity index (χ0v) is 6.16. The van der Waals surface area contributed by atoms with Crippen LogP contribution in [0.2, 0.25) is 0 Å². The van der Waals surface area contributed by atoms with E-state index in [2.05, 4.69) is 6.58 Å². The summed E-state index contributed by atoms with van der Waals surface area (Å²) in [6, 6.07) is 0.126. The summed E-state index contributed by atoms with van der Waals surface area (Å²) < 4.78 is 0. The number of nitrogens with two attached hydrogens (primary N) is 1. The van der Waals surface area contributed by atoms with Gasteiger partial charge in [-0.25, -0.2) is 0 Å². The smallest absolute Gasteiger partial charge is 0.0462 e. The van der Waals surface area contributed by atoms with E-state index in [1.165, 1.54) is 0 Å². The van der Waals surface area contributed by atoms with Crippen molar-refractivity contribution in [3.05, 3.63) is 12.7 Å². The van der Waals surface area contributed by atoms with E-state index in [1.807, 2.05) is 0 Å². The second kappa shape index (κ2) is 3.17. The molecule has 0 aromatic carbocycles. The summed E-state index contributed by atoms with van der Waals surface area (Å²) in [4.78, 5) is 0. The number of aliphatic hydroxyl groups excluding tert-OH is 1. The van der Waals surface area contributed by atoms with Gasteiger partial charge in [0, 0.05) is 12.6 Å². The Labute approximate surface area is 61.7 Å². The SMILES string of the molecule is C=C[C@@H](N)C[C@@H]1C[C@@H]1CO. The molecule has 2 nitrogen and oxygen atoms in total. The summed E-state index contributed by atoms with van der Waals surface area (Å²) in [7, 11) is 0. The molecule has 0 aliphatic heterocycles. The highest BCUT2D eigenvalue weighted by molar-refractivity contribution is 4.93. The highest BCUT2D eigenvalue weighted by Crippen LogP contribution is 2.41. The summed E-state index contributed by atoms with van der Waals surface area (Å²) in [5, 5.41) is 8.70. The lowest BCUT2D eigenvalue weighted by atomic mass is 10.1. The van der Waals surface area contributed by atoms with E-state index in [0.717, 1.165) is 12.8 Å². The first kappa shape index (κ1) is 7.76. The van der Waals surface area contributed by atoms with Gasteiger partial charge < -0.3 is 10.8 Å². The zero-order valence-electron chi connectivity index (χ0n) is 6.16. The third kappa shape index (κ3) is 1.82. The molecule has 0 aromatic heterocycles. The van der Waals surface area contributed by atoms with Gasteiger partial charge >= 0.3 is 0 Å². The van der Waals surface area contributed by atoms with Gasteiger partial charge in [-0.1, -0.05) is 6.08 Å². The summed E-state index contributed by atoms with van der Waals surface area (Å²) >= 11 is 0. The van der Waals surface area contributed by atoms with Gasteiger partial charge in [-0.15, -0.1) is 6.58 Å². The van der Waals surface area contributed by atoms with E-state index in [4.69, 9.17) is 10.8 Å². The Hall–Kier alpha value is -0.340. The molecule has 3 N–H and O–H groups in total. The van der Waals surface area contributed by atoms with Crippen molar-refractivity contribution in [3.8, 4) is 0 Å². The molecular formula is C8H15NO. The van der Waals surface area contributed by atoms with Gasteiger partial charge in [-0.3, -0.25) is 0 Å². The molecule has 0 amide bonds. The van der Waals surface area contributed by atoms with Gasteiger partial charge in [-0.05, 0) is 24.7 Å². The van der Waals surface area contributed by atoms with Crippen molar-refractivity contribution < 1.29 is 5.11 Å². The zero-order chi connectivity index (χ0) is 7.56. The average Bonchev–Trinajstić information content (AvgIpc) is 2.67. The minimum Gasteiger partial charge on any atom is -0.396 e. The lowest BCUT2D eigenvalue weighted by Crippen LogP contribution is -2.17. The maximum atomic E-state index is 8.70. The Bertz CT molecular complexity index is 124. The predicted octanol–water partition coefficient (Wildman–Crippen LogP) is 0.518. The summed E-state index contributed by atoms with van der Waals surface area (Å²) in [6.07, 6.45) is 3.92. The van der Waals surface area contributed by atoms with E-state index in [1.54, 1.807) is 6.08 Å². The van der Waals surface area contributed by atoms with Crippen LogP contribution in [0.5, 0.6) is 0 Å². The van der Waals surface area contributed by atoms with Crippen molar-refractivity contribution >= 4 is 0 Å². The van der Waals surface area contributed by atoms with E-state index < -0.39 is 0 Å². The van der Waals surface area contributed by atoms with E-state index in [-0.39, 0.29) is 6.04 Å². The second-order valence-corrected chi connectivity index (χ2v) is 3.07.